The van der Waals surface area contributed by atoms with Gasteiger partial charge in [0.2, 0.25) is 0 Å². The van der Waals surface area contributed by atoms with Crippen LogP contribution in [-0.4, -0.2) is 17.9 Å². The first-order valence-electron chi connectivity index (χ1n) is 10.2. The van der Waals surface area contributed by atoms with Crippen LogP contribution in [0, 0.1) is 0 Å². The zero-order valence-electron chi connectivity index (χ0n) is 17.5. The molecule has 0 saturated heterocycles. The first kappa shape index (κ1) is 22.4. The highest BCUT2D eigenvalue weighted by Crippen LogP contribution is 2.25. The van der Waals surface area contributed by atoms with Crippen LogP contribution < -0.4 is 15.4 Å². The lowest BCUT2D eigenvalue weighted by Gasteiger charge is -2.20. The van der Waals surface area contributed by atoms with Crippen LogP contribution in [0.5, 0.6) is 5.75 Å². The molecule has 0 saturated carbocycles. The lowest BCUT2D eigenvalue weighted by molar-refractivity contribution is -0.122. The summed E-state index contributed by atoms with van der Waals surface area (Å²) in [6.07, 6.45) is -0.310. The zero-order valence-corrected chi connectivity index (χ0v) is 18.2. The first-order valence-corrected chi connectivity index (χ1v) is 10.5. The molecule has 0 unspecified atom stereocenters. The summed E-state index contributed by atoms with van der Waals surface area (Å²) >= 11 is 6.15. The summed E-state index contributed by atoms with van der Waals surface area (Å²) in [7, 11) is 0. The van der Waals surface area contributed by atoms with Gasteiger partial charge in [-0.15, -0.1) is 0 Å². The van der Waals surface area contributed by atoms with Gasteiger partial charge in [0.25, 0.3) is 11.8 Å². The van der Waals surface area contributed by atoms with Gasteiger partial charge in [-0.25, -0.2) is 0 Å². The number of carbonyl (C=O) groups excluding carboxylic acids is 2. The summed E-state index contributed by atoms with van der Waals surface area (Å²) < 4.78 is 5.81. The largest absolute Gasteiger partial charge is 0.479 e. The van der Waals surface area contributed by atoms with Crippen LogP contribution in [0.4, 0.5) is 5.69 Å². The second kappa shape index (κ2) is 10.6. The third-order valence-electron chi connectivity index (χ3n) is 4.85. The number of carbonyl (C=O) groups is 2. The average molecular weight is 437 g/mol. The zero-order chi connectivity index (χ0) is 22.2. The van der Waals surface area contributed by atoms with Crippen molar-refractivity contribution in [3.05, 3.63) is 95.0 Å². The molecule has 0 fully saturated rings. The van der Waals surface area contributed by atoms with Crippen molar-refractivity contribution < 1.29 is 14.3 Å². The molecule has 0 aliphatic rings. The van der Waals surface area contributed by atoms with Crippen LogP contribution in [0.3, 0.4) is 0 Å². The Morgan fingerprint density at radius 3 is 2.29 bits per heavy atom. The van der Waals surface area contributed by atoms with Crippen molar-refractivity contribution in [2.24, 2.45) is 0 Å². The van der Waals surface area contributed by atoms with Gasteiger partial charge in [0.15, 0.2) is 6.10 Å². The highest BCUT2D eigenvalue weighted by molar-refractivity contribution is 6.32. The molecule has 0 radical (unpaired) electrons. The molecule has 6 heteroatoms. The molecular weight excluding hydrogens is 412 g/mol. The monoisotopic (exact) mass is 436 g/mol. The van der Waals surface area contributed by atoms with Crippen molar-refractivity contribution in [1.29, 1.82) is 0 Å². The Balaban J connectivity index is 1.72. The minimum atomic E-state index is -0.751. The van der Waals surface area contributed by atoms with E-state index in [0.717, 1.165) is 5.56 Å². The summed E-state index contributed by atoms with van der Waals surface area (Å²) in [5, 5.41) is 6.24. The molecule has 160 valence electrons. The topological polar surface area (TPSA) is 67.4 Å². The number of halogens is 1. The molecule has 3 aromatic carbocycles. The van der Waals surface area contributed by atoms with Crippen LogP contribution in [-0.2, 0) is 4.79 Å². The summed E-state index contributed by atoms with van der Waals surface area (Å²) in [6.45, 7) is 3.76. The van der Waals surface area contributed by atoms with Gasteiger partial charge in [0.05, 0.1) is 22.3 Å². The predicted octanol–water partition coefficient (Wildman–Crippen LogP) is 5.63. The Morgan fingerprint density at radius 2 is 1.58 bits per heavy atom. The maximum Gasteiger partial charge on any atom is 0.265 e. The summed E-state index contributed by atoms with van der Waals surface area (Å²) in [5.74, 6) is -0.181. The van der Waals surface area contributed by atoms with E-state index >= 15 is 0 Å². The maximum absolute atomic E-state index is 12.9. The van der Waals surface area contributed by atoms with E-state index in [-0.39, 0.29) is 17.9 Å². The van der Waals surface area contributed by atoms with Gasteiger partial charge in [-0.2, -0.15) is 0 Å². The van der Waals surface area contributed by atoms with E-state index in [1.54, 1.807) is 48.5 Å². The van der Waals surface area contributed by atoms with E-state index in [1.165, 1.54) is 0 Å². The van der Waals surface area contributed by atoms with Crippen molar-refractivity contribution in [3.8, 4) is 5.75 Å². The molecule has 2 amide bonds. The Bertz CT molecular complexity index is 1040. The van der Waals surface area contributed by atoms with Crippen molar-refractivity contribution >= 4 is 29.1 Å². The molecule has 3 aromatic rings. The second-order valence-electron chi connectivity index (χ2n) is 7.09. The quantitative estimate of drug-likeness (QED) is 0.481. The van der Waals surface area contributed by atoms with Crippen molar-refractivity contribution in [2.75, 3.05) is 5.32 Å². The van der Waals surface area contributed by atoms with Gasteiger partial charge in [-0.05, 0) is 43.2 Å². The van der Waals surface area contributed by atoms with Gasteiger partial charge in [0.1, 0.15) is 5.75 Å². The van der Waals surface area contributed by atoms with Crippen LogP contribution >= 0.6 is 11.6 Å². The van der Waals surface area contributed by atoms with Crippen LogP contribution in [0.2, 0.25) is 5.02 Å². The minimum Gasteiger partial charge on any atom is -0.479 e. The fraction of sp³-hybridized carbons (Fsp3) is 0.200. The first-order chi connectivity index (χ1) is 15.0. The molecule has 31 heavy (non-hydrogen) atoms. The Kier molecular flexibility index (Phi) is 7.68. The van der Waals surface area contributed by atoms with Gasteiger partial charge in [-0.1, -0.05) is 73.1 Å². The molecule has 0 aromatic heterocycles. The maximum atomic E-state index is 12.9. The van der Waals surface area contributed by atoms with E-state index in [0.29, 0.717) is 28.4 Å². The van der Waals surface area contributed by atoms with E-state index < -0.39 is 6.10 Å². The summed E-state index contributed by atoms with van der Waals surface area (Å²) in [5.41, 5.74) is 1.80. The van der Waals surface area contributed by atoms with Gasteiger partial charge >= 0.3 is 0 Å². The molecule has 0 heterocycles. The third kappa shape index (κ3) is 5.86. The number of para-hydroxylation sites is 2. The highest BCUT2D eigenvalue weighted by Gasteiger charge is 2.22. The number of rotatable bonds is 8. The average Bonchev–Trinajstić information content (AvgIpc) is 2.79. The van der Waals surface area contributed by atoms with Crippen LogP contribution in [0.25, 0.3) is 0 Å². The van der Waals surface area contributed by atoms with Crippen LogP contribution in [0.15, 0.2) is 78.9 Å². The second-order valence-corrected chi connectivity index (χ2v) is 7.49. The Labute approximate surface area is 187 Å². The number of amides is 2. The highest BCUT2D eigenvalue weighted by atomic mass is 35.5. The lowest BCUT2D eigenvalue weighted by atomic mass is 10.1. The number of hydrogen-bond donors (Lipinski definition) is 2. The van der Waals surface area contributed by atoms with E-state index in [2.05, 4.69) is 10.6 Å². The van der Waals surface area contributed by atoms with E-state index in [4.69, 9.17) is 16.3 Å². The third-order valence-corrected chi connectivity index (χ3v) is 5.16. The van der Waals surface area contributed by atoms with Crippen molar-refractivity contribution in [2.45, 2.75) is 32.4 Å². The normalized spacial score (nSPS) is 12.5. The SMILES string of the molecule is CC[C@@H](Oc1ccccc1Cl)C(=O)Nc1ccccc1C(=O)N[C@H](C)c1ccccc1. The number of ether oxygens (including phenoxy) is 1. The fourth-order valence-corrected chi connectivity index (χ4v) is 3.30. The smallest absolute Gasteiger partial charge is 0.265 e. The van der Waals surface area contributed by atoms with Gasteiger partial charge in [-0.3, -0.25) is 9.59 Å². The summed E-state index contributed by atoms with van der Waals surface area (Å²) in [6, 6.07) is 23.4. The van der Waals surface area contributed by atoms with Crippen LogP contribution in [0.1, 0.15) is 42.2 Å². The molecule has 0 aliphatic carbocycles. The predicted molar refractivity (Wildman–Crippen MR) is 124 cm³/mol. The molecule has 0 bridgehead atoms. The lowest BCUT2D eigenvalue weighted by Crippen LogP contribution is -2.34. The minimum absolute atomic E-state index is 0.176. The number of anilines is 1. The standard InChI is InChI=1S/C25H25ClN2O3/c1-3-22(31-23-16-10-8-14-20(23)26)25(30)28-21-15-9-7-13-19(21)24(29)27-17(2)18-11-5-4-6-12-18/h4-17,22H,3H2,1-2H3,(H,27,29)(H,28,30)/t17-,22-/m1/s1. The fourth-order valence-electron chi connectivity index (χ4n) is 3.12. The number of hydrogen-bond acceptors (Lipinski definition) is 3. The molecule has 0 spiro atoms. The molecular formula is C25H25ClN2O3. The Hall–Kier alpha value is -3.31. The molecule has 2 N–H and O–H groups in total. The van der Waals surface area contributed by atoms with Crippen molar-refractivity contribution in [1.82, 2.24) is 5.32 Å². The molecule has 5 nitrogen and oxygen atoms in total. The van der Waals surface area contributed by atoms with E-state index in [9.17, 15) is 9.59 Å². The molecule has 3 rings (SSSR count). The van der Waals surface area contributed by atoms with E-state index in [1.807, 2.05) is 44.2 Å². The summed E-state index contributed by atoms with van der Waals surface area (Å²) in [4.78, 5) is 25.8. The number of benzene rings is 3. The molecule has 2 atom stereocenters. The van der Waals surface area contributed by atoms with Gasteiger partial charge in [0, 0.05) is 0 Å². The van der Waals surface area contributed by atoms with Crippen molar-refractivity contribution in [3.63, 3.8) is 0 Å². The molecule has 0 aliphatic heterocycles. The Morgan fingerprint density at radius 1 is 0.935 bits per heavy atom. The number of nitrogens with one attached hydrogen (secondary N) is 2. The van der Waals surface area contributed by atoms with Gasteiger partial charge < -0.3 is 15.4 Å².